The van der Waals surface area contributed by atoms with Crippen molar-refractivity contribution >= 4 is 15.9 Å². The lowest BCUT2D eigenvalue weighted by Crippen LogP contribution is -2.35. The number of carbonyl (C=O) groups excluding carboxylic acids is 1. The Labute approximate surface area is 142 Å². The maximum absolute atomic E-state index is 12.3. The molecule has 0 aromatic heterocycles. The van der Waals surface area contributed by atoms with E-state index in [4.69, 9.17) is 5.26 Å². The summed E-state index contributed by atoms with van der Waals surface area (Å²) in [6, 6.07) is 17.3. The van der Waals surface area contributed by atoms with Gasteiger partial charge in [-0.25, -0.2) is 8.42 Å². The molecule has 24 heavy (non-hydrogen) atoms. The highest BCUT2D eigenvalue weighted by atomic mass is 32.2. The van der Waals surface area contributed by atoms with Crippen LogP contribution >= 0.6 is 0 Å². The van der Waals surface area contributed by atoms with Crippen molar-refractivity contribution in [1.29, 1.82) is 5.26 Å². The van der Waals surface area contributed by atoms with Crippen LogP contribution in [-0.4, -0.2) is 14.3 Å². The lowest BCUT2D eigenvalue weighted by atomic mass is 9.96. The number of nitrogens with one attached hydrogen (secondary N) is 1. The van der Waals surface area contributed by atoms with E-state index in [1.807, 2.05) is 31.2 Å². The van der Waals surface area contributed by atoms with Gasteiger partial charge >= 0.3 is 0 Å². The summed E-state index contributed by atoms with van der Waals surface area (Å²) >= 11 is 0. The molecule has 0 aliphatic heterocycles. The summed E-state index contributed by atoms with van der Waals surface area (Å²) in [5, 5.41) is 8.75. The topological polar surface area (TPSA) is 87.0 Å². The second kappa shape index (κ2) is 7.75. The van der Waals surface area contributed by atoms with Gasteiger partial charge in [0.05, 0.1) is 23.3 Å². The van der Waals surface area contributed by atoms with Crippen molar-refractivity contribution < 1.29 is 13.2 Å². The first-order valence-electron chi connectivity index (χ1n) is 7.53. The number of carbonyl (C=O) groups is 1. The van der Waals surface area contributed by atoms with Gasteiger partial charge in [-0.15, -0.1) is 0 Å². The summed E-state index contributed by atoms with van der Waals surface area (Å²) in [4.78, 5) is 12.3. The molecule has 0 aliphatic carbocycles. The Morgan fingerprint density at radius 1 is 1.12 bits per heavy atom. The first kappa shape index (κ1) is 17.7. The molecular formula is C18H18N2O3S. The lowest BCUT2D eigenvalue weighted by molar-refractivity contribution is -0.120. The number of rotatable bonds is 6. The van der Waals surface area contributed by atoms with Crippen LogP contribution in [0.2, 0.25) is 0 Å². The zero-order valence-electron chi connectivity index (χ0n) is 13.3. The van der Waals surface area contributed by atoms with Crippen LogP contribution < -0.4 is 4.72 Å². The first-order valence-corrected chi connectivity index (χ1v) is 9.18. The van der Waals surface area contributed by atoms with E-state index in [1.54, 1.807) is 36.4 Å². The third kappa shape index (κ3) is 4.67. The molecule has 2 aromatic carbocycles. The maximum Gasteiger partial charge on any atom is 0.240 e. The van der Waals surface area contributed by atoms with Gasteiger partial charge in [0.2, 0.25) is 15.9 Å². The molecule has 0 unspecified atom stereocenters. The molecule has 2 aromatic rings. The van der Waals surface area contributed by atoms with Crippen LogP contribution in [0.5, 0.6) is 0 Å². The Hall–Kier alpha value is -2.65. The monoisotopic (exact) mass is 342 g/mol. The number of amides is 1. The average molecular weight is 342 g/mol. The molecule has 0 aliphatic rings. The van der Waals surface area contributed by atoms with Gasteiger partial charge in [-0.05, 0) is 29.7 Å². The molecule has 1 atom stereocenters. The summed E-state index contributed by atoms with van der Waals surface area (Å²) in [7, 11) is -3.80. The third-order valence-corrected chi connectivity index (χ3v) is 4.85. The van der Waals surface area contributed by atoms with Gasteiger partial charge < -0.3 is 0 Å². The van der Waals surface area contributed by atoms with E-state index in [0.29, 0.717) is 17.5 Å². The van der Waals surface area contributed by atoms with Gasteiger partial charge in [-0.2, -0.15) is 5.26 Å². The molecule has 0 saturated carbocycles. The molecule has 0 fully saturated rings. The summed E-state index contributed by atoms with van der Waals surface area (Å²) in [5.41, 5.74) is 1.75. The van der Waals surface area contributed by atoms with Crippen molar-refractivity contribution in [3.63, 3.8) is 0 Å². The highest BCUT2D eigenvalue weighted by Crippen LogP contribution is 2.20. The predicted octanol–water partition coefficient (Wildman–Crippen LogP) is 2.70. The van der Waals surface area contributed by atoms with E-state index in [1.165, 1.54) is 0 Å². The maximum atomic E-state index is 12.3. The number of nitrogens with zero attached hydrogens (tertiary/aromatic N) is 1. The van der Waals surface area contributed by atoms with E-state index in [-0.39, 0.29) is 5.75 Å². The van der Waals surface area contributed by atoms with E-state index < -0.39 is 21.8 Å². The summed E-state index contributed by atoms with van der Waals surface area (Å²) in [6.45, 7) is 1.84. The van der Waals surface area contributed by atoms with Crippen molar-refractivity contribution in [2.24, 2.45) is 0 Å². The molecule has 0 saturated heterocycles. The number of sulfonamides is 1. The average Bonchev–Trinajstić information content (AvgIpc) is 2.56. The minimum Gasteiger partial charge on any atom is -0.273 e. The van der Waals surface area contributed by atoms with Gasteiger partial charge in [-0.3, -0.25) is 9.52 Å². The van der Waals surface area contributed by atoms with Crippen molar-refractivity contribution in [1.82, 2.24) is 4.72 Å². The minimum atomic E-state index is -3.80. The third-order valence-electron chi connectivity index (χ3n) is 3.62. The molecule has 1 N–H and O–H groups in total. The SMILES string of the molecule is CC[C@H](C(=O)NS(=O)(=O)Cc1ccc(C#N)cc1)c1ccccc1. The quantitative estimate of drug-likeness (QED) is 0.874. The second-order valence-corrected chi connectivity index (χ2v) is 7.13. The smallest absolute Gasteiger partial charge is 0.240 e. The number of hydrogen-bond acceptors (Lipinski definition) is 4. The Balaban J connectivity index is 2.09. The molecule has 0 spiro atoms. The molecule has 0 radical (unpaired) electrons. The van der Waals surface area contributed by atoms with Crippen LogP contribution in [0.3, 0.4) is 0 Å². The van der Waals surface area contributed by atoms with Gasteiger partial charge in [0.15, 0.2) is 0 Å². The zero-order valence-corrected chi connectivity index (χ0v) is 14.1. The highest BCUT2D eigenvalue weighted by Gasteiger charge is 2.23. The van der Waals surface area contributed by atoms with Gasteiger partial charge in [-0.1, -0.05) is 49.4 Å². The van der Waals surface area contributed by atoms with Crippen LogP contribution in [-0.2, 0) is 20.6 Å². The van der Waals surface area contributed by atoms with Crippen molar-refractivity contribution in [3.8, 4) is 6.07 Å². The minimum absolute atomic E-state index is 0.310. The molecule has 0 bridgehead atoms. The molecule has 2 rings (SSSR count). The fraction of sp³-hybridized carbons (Fsp3) is 0.222. The Morgan fingerprint density at radius 3 is 2.29 bits per heavy atom. The van der Waals surface area contributed by atoms with Crippen LogP contribution in [0.25, 0.3) is 0 Å². The fourth-order valence-corrected chi connectivity index (χ4v) is 3.57. The Bertz CT molecular complexity index is 838. The molecule has 1 amide bonds. The summed E-state index contributed by atoms with van der Waals surface area (Å²) < 4.78 is 26.6. The lowest BCUT2D eigenvalue weighted by Gasteiger charge is -2.15. The molecular weight excluding hydrogens is 324 g/mol. The largest absolute Gasteiger partial charge is 0.273 e. The van der Waals surface area contributed by atoms with Crippen molar-refractivity contribution in [3.05, 3.63) is 71.3 Å². The van der Waals surface area contributed by atoms with Gasteiger partial charge in [0.1, 0.15) is 0 Å². The van der Waals surface area contributed by atoms with Crippen LogP contribution in [0.15, 0.2) is 54.6 Å². The fourth-order valence-electron chi connectivity index (χ4n) is 2.41. The van der Waals surface area contributed by atoms with Crippen molar-refractivity contribution in [2.75, 3.05) is 0 Å². The number of hydrogen-bond donors (Lipinski definition) is 1. The van der Waals surface area contributed by atoms with E-state index in [2.05, 4.69) is 4.72 Å². The molecule has 124 valence electrons. The second-order valence-electron chi connectivity index (χ2n) is 5.41. The van der Waals surface area contributed by atoms with E-state index >= 15 is 0 Å². The Morgan fingerprint density at radius 2 is 1.75 bits per heavy atom. The Kier molecular flexibility index (Phi) is 5.72. The van der Waals surface area contributed by atoms with Crippen molar-refractivity contribution in [2.45, 2.75) is 25.0 Å². The van der Waals surface area contributed by atoms with Gasteiger partial charge in [0.25, 0.3) is 0 Å². The highest BCUT2D eigenvalue weighted by molar-refractivity contribution is 7.89. The molecule has 5 nitrogen and oxygen atoms in total. The predicted molar refractivity (Wildman–Crippen MR) is 91.4 cm³/mol. The van der Waals surface area contributed by atoms with E-state index in [0.717, 1.165) is 5.56 Å². The first-order chi connectivity index (χ1) is 11.4. The summed E-state index contributed by atoms with van der Waals surface area (Å²) in [5.74, 6) is -1.35. The molecule has 6 heteroatoms. The summed E-state index contributed by atoms with van der Waals surface area (Å²) in [6.07, 6.45) is 0.502. The van der Waals surface area contributed by atoms with Crippen LogP contribution in [0.1, 0.15) is 36.0 Å². The van der Waals surface area contributed by atoms with Crippen LogP contribution in [0, 0.1) is 11.3 Å². The number of nitriles is 1. The molecule has 0 heterocycles. The number of benzene rings is 2. The van der Waals surface area contributed by atoms with Crippen LogP contribution in [0.4, 0.5) is 0 Å². The zero-order chi connectivity index (χ0) is 17.6. The van der Waals surface area contributed by atoms with Gasteiger partial charge in [0, 0.05) is 0 Å². The normalized spacial score (nSPS) is 12.2. The van der Waals surface area contributed by atoms with E-state index in [9.17, 15) is 13.2 Å². The standard InChI is InChI=1S/C18H18N2O3S/c1-2-17(16-6-4-3-5-7-16)18(21)20-24(22,23)13-15-10-8-14(12-19)9-11-15/h3-11,17H,2,13H2,1H3,(H,20,21)/t17-/m0/s1.